The minimum Gasteiger partial charge on any atom is -0.371 e. The number of rotatable bonds is 3. The Morgan fingerprint density at radius 1 is 1.24 bits per heavy atom. The van der Waals surface area contributed by atoms with Crippen LogP contribution in [0.3, 0.4) is 0 Å². The minimum atomic E-state index is -0.623. The maximum atomic E-state index is 13.7. The zero-order valence-electron chi connectivity index (χ0n) is 9.80. The van der Waals surface area contributed by atoms with Crippen LogP contribution in [0, 0.1) is 11.6 Å². The second-order valence-electron chi connectivity index (χ2n) is 4.46. The molecule has 0 aliphatic carbocycles. The van der Waals surface area contributed by atoms with Crippen LogP contribution < -0.4 is 4.90 Å². The Morgan fingerprint density at radius 2 is 1.76 bits per heavy atom. The van der Waals surface area contributed by atoms with Gasteiger partial charge in [-0.3, -0.25) is 4.79 Å². The number of Topliss-reactive ketones (excluding diaryl/α,β-unsaturated/α-hetero) is 1. The van der Waals surface area contributed by atoms with Crippen molar-refractivity contribution in [3.63, 3.8) is 0 Å². The van der Waals surface area contributed by atoms with Crippen LogP contribution in [0.5, 0.6) is 0 Å². The van der Waals surface area contributed by atoms with E-state index in [0.29, 0.717) is 5.69 Å². The number of nitrogens with zero attached hydrogens (tertiary/aromatic N) is 1. The molecule has 1 aromatic carbocycles. The maximum absolute atomic E-state index is 13.7. The molecular weight excluding hydrogens is 224 g/mol. The normalized spacial score (nSPS) is 15.4. The first kappa shape index (κ1) is 12.0. The van der Waals surface area contributed by atoms with Crippen molar-refractivity contribution in [2.24, 2.45) is 0 Å². The number of ketones is 1. The lowest BCUT2D eigenvalue weighted by Gasteiger charge is -2.18. The first-order valence-electron chi connectivity index (χ1n) is 5.80. The number of carbonyl (C=O) groups is 1. The Bertz CT molecular complexity index is 416. The molecule has 17 heavy (non-hydrogen) atoms. The third-order valence-corrected chi connectivity index (χ3v) is 3.02. The molecule has 0 amide bonds. The van der Waals surface area contributed by atoms with Gasteiger partial charge in [-0.05, 0) is 31.9 Å². The fourth-order valence-corrected chi connectivity index (χ4v) is 2.17. The van der Waals surface area contributed by atoms with E-state index in [0.717, 1.165) is 25.9 Å². The summed E-state index contributed by atoms with van der Waals surface area (Å²) in [6, 6.07) is 2.65. The number of hydrogen-bond acceptors (Lipinski definition) is 2. The molecule has 1 fully saturated rings. The number of halogens is 2. The molecule has 4 heteroatoms. The Kier molecular flexibility index (Phi) is 3.41. The lowest BCUT2D eigenvalue weighted by Crippen LogP contribution is -2.18. The van der Waals surface area contributed by atoms with Crippen molar-refractivity contribution in [1.82, 2.24) is 0 Å². The van der Waals surface area contributed by atoms with Gasteiger partial charge in [0.25, 0.3) is 0 Å². The second-order valence-corrected chi connectivity index (χ2v) is 4.46. The maximum Gasteiger partial charge on any atom is 0.134 e. The third-order valence-electron chi connectivity index (χ3n) is 3.02. The van der Waals surface area contributed by atoms with Crippen molar-refractivity contribution in [1.29, 1.82) is 0 Å². The zero-order chi connectivity index (χ0) is 12.4. The first-order valence-corrected chi connectivity index (χ1v) is 5.80. The number of carbonyl (C=O) groups excluding carboxylic acids is 1. The molecular formula is C13H15F2NO. The van der Waals surface area contributed by atoms with Crippen LogP contribution in [0.4, 0.5) is 14.5 Å². The van der Waals surface area contributed by atoms with Gasteiger partial charge in [0.05, 0.1) is 0 Å². The highest BCUT2D eigenvalue weighted by atomic mass is 19.1. The molecule has 1 heterocycles. The van der Waals surface area contributed by atoms with Crippen molar-refractivity contribution >= 4 is 11.5 Å². The smallest absolute Gasteiger partial charge is 0.134 e. The van der Waals surface area contributed by atoms with Crippen LogP contribution in [0.2, 0.25) is 0 Å². The summed E-state index contributed by atoms with van der Waals surface area (Å²) in [6.45, 7) is 3.00. The number of hydrogen-bond donors (Lipinski definition) is 0. The highest BCUT2D eigenvalue weighted by molar-refractivity contribution is 5.78. The zero-order valence-corrected chi connectivity index (χ0v) is 9.80. The van der Waals surface area contributed by atoms with Gasteiger partial charge in [0.15, 0.2) is 0 Å². The van der Waals surface area contributed by atoms with Crippen LogP contribution in [-0.4, -0.2) is 18.9 Å². The van der Waals surface area contributed by atoms with E-state index < -0.39 is 11.6 Å². The van der Waals surface area contributed by atoms with E-state index in [-0.39, 0.29) is 17.8 Å². The van der Waals surface area contributed by atoms with Gasteiger partial charge >= 0.3 is 0 Å². The number of anilines is 1. The molecule has 0 bridgehead atoms. The van der Waals surface area contributed by atoms with Gasteiger partial charge in [-0.15, -0.1) is 0 Å². The molecule has 92 valence electrons. The Labute approximate surface area is 99.2 Å². The molecule has 2 nitrogen and oxygen atoms in total. The molecule has 1 aliphatic rings. The monoisotopic (exact) mass is 239 g/mol. The first-order chi connectivity index (χ1) is 8.08. The van der Waals surface area contributed by atoms with E-state index in [1.165, 1.54) is 19.1 Å². The fourth-order valence-electron chi connectivity index (χ4n) is 2.17. The van der Waals surface area contributed by atoms with Gasteiger partial charge < -0.3 is 4.90 Å². The predicted octanol–water partition coefficient (Wildman–Crippen LogP) is 2.70. The van der Waals surface area contributed by atoms with Crippen LogP contribution in [-0.2, 0) is 11.2 Å². The fraction of sp³-hybridized carbons (Fsp3) is 0.462. The summed E-state index contributed by atoms with van der Waals surface area (Å²) in [7, 11) is 0. The molecule has 0 saturated carbocycles. The summed E-state index contributed by atoms with van der Waals surface area (Å²) in [5.74, 6) is -1.49. The van der Waals surface area contributed by atoms with Crippen molar-refractivity contribution < 1.29 is 13.6 Å². The molecule has 2 rings (SSSR count). The highest BCUT2D eigenvalue weighted by Gasteiger charge is 2.18. The molecule has 0 unspecified atom stereocenters. The largest absolute Gasteiger partial charge is 0.371 e. The SMILES string of the molecule is CC(=O)Cc1c(F)cc(N2CCCC2)cc1F. The van der Waals surface area contributed by atoms with Gasteiger partial charge in [0, 0.05) is 30.8 Å². The lowest BCUT2D eigenvalue weighted by molar-refractivity contribution is -0.116. The molecule has 0 atom stereocenters. The van der Waals surface area contributed by atoms with E-state index in [1.54, 1.807) is 0 Å². The average molecular weight is 239 g/mol. The summed E-state index contributed by atoms with van der Waals surface area (Å²) in [5.41, 5.74) is 0.449. The second kappa shape index (κ2) is 4.82. The molecule has 0 N–H and O–H groups in total. The average Bonchev–Trinajstić information content (AvgIpc) is 2.76. The van der Waals surface area contributed by atoms with Crippen LogP contribution in [0.25, 0.3) is 0 Å². The molecule has 0 aromatic heterocycles. The summed E-state index contributed by atoms with van der Waals surface area (Å²) in [4.78, 5) is 12.9. The van der Waals surface area contributed by atoms with Crippen molar-refractivity contribution in [2.75, 3.05) is 18.0 Å². The quantitative estimate of drug-likeness (QED) is 0.808. The summed E-state index contributed by atoms with van der Waals surface area (Å²) < 4.78 is 27.4. The summed E-state index contributed by atoms with van der Waals surface area (Å²) in [6.07, 6.45) is 1.93. The van der Waals surface area contributed by atoms with Gasteiger partial charge in [-0.1, -0.05) is 0 Å². The lowest BCUT2D eigenvalue weighted by atomic mass is 10.1. The molecule has 0 radical (unpaired) electrons. The molecule has 1 aromatic rings. The Hall–Kier alpha value is -1.45. The Morgan fingerprint density at radius 3 is 2.24 bits per heavy atom. The topological polar surface area (TPSA) is 20.3 Å². The van der Waals surface area contributed by atoms with Crippen molar-refractivity contribution in [2.45, 2.75) is 26.2 Å². The van der Waals surface area contributed by atoms with Crippen LogP contribution in [0.1, 0.15) is 25.3 Å². The van der Waals surface area contributed by atoms with Crippen LogP contribution in [0.15, 0.2) is 12.1 Å². The summed E-state index contributed by atoms with van der Waals surface area (Å²) in [5, 5.41) is 0. The van der Waals surface area contributed by atoms with Gasteiger partial charge in [0.2, 0.25) is 0 Å². The van der Waals surface area contributed by atoms with Gasteiger partial charge in [0.1, 0.15) is 17.4 Å². The van der Waals surface area contributed by atoms with E-state index in [9.17, 15) is 13.6 Å². The minimum absolute atomic E-state index is 0.125. The van der Waals surface area contributed by atoms with E-state index in [2.05, 4.69) is 0 Å². The number of benzene rings is 1. The Balaban J connectivity index is 2.30. The third kappa shape index (κ3) is 2.62. The highest BCUT2D eigenvalue weighted by Crippen LogP contribution is 2.25. The predicted molar refractivity (Wildman–Crippen MR) is 62.2 cm³/mol. The summed E-state index contributed by atoms with van der Waals surface area (Å²) >= 11 is 0. The van der Waals surface area contributed by atoms with Gasteiger partial charge in [-0.2, -0.15) is 0 Å². The van der Waals surface area contributed by atoms with Crippen molar-refractivity contribution in [3.8, 4) is 0 Å². The molecule has 1 aliphatic heterocycles. The van der Waals surface area contributed by atoms with Crippen molar-refractivity contribution in [3.05, 3.63) is 29.3 Å². The molecule has 1 saturated heterocycles. The van der Waals surface area contributed by atoms with E-state index >= 15 is 0 Å². The van der Waals surface area contributed by atoms with E-state index in [1.807, 2.05) is 4.90 Å². The van der Waals surface area contributed by atoms with Crippen LogP contribution >= 0.6 is 0 Å². The van der Waals surface area contributed by atoms with E-state index in [4.69, 9.17) is 0 Å². The molecule has 0 spiro atoms. The standard InChI is InChI=1S/C13H15F2NO/c1-9(17)6-11-12(14)7-10(8-13(11)15)16-4-2-3-5-16/h7-8H,2-6H2,1H3. The van der Waals surface area contributed by atoms with Gasteiger partial charge in [-0.25, -0.2) is 8.78 Å².